The highest BCUT2D eigenvalue weighted by atomic mass is 35.5. The molecule has 3 aromatic rings. The van der Waals surface area contributed by atoms with E-state index in [9.17, 15) is 13.2 Å². The van der Waals surface area contributed by atoms with Crippen LogP contribution >= 0.6 is 11.6 Å². The van der Waals surface area contributed by atoms with Crippen molar-refractivity contribution in [1.29, 1.82) is 0 Å². The minimum absolute atomic E-state index is 0.00843. The van der Waals surface area contributed by atoms with Gasteiger partial charge in [-0.3, -0.25) is 9.29 Å². The molecule has 1 aromatic heterocycles. The molecule has 1 heterocycles. The molecule has 0 saturated carbocycles. The third kappa shape index (κ3) is 3.22. The van der Waals surface area contributed by atoms with E-state index < -0.39 is 15.8 Å². The number of hydrogen-bond acceptors (Lipinski definition) is 5. The fourth-order valence-corrected chi connectivity index (χ4v) is 4.05. The number of rotatable bonds is 5. The summed E-state index contributed by atoms with van der Waals surface area (Å²) in [6, 6.07) is 9.12. The number of benzene rings is 2. The zero-order valence-electron chi connectivity index (χ0n) is 13.4. The maximum absolute atomic E-state index is 12.7. The van der Waals surface area contributed by atoms with Crippen LogP contribution in [0.25, 0.3) is 11.1 Å². The Hall–Kier alpha value is -2.45. The lowest BCUT2D eigenvalue weighted by molar-refractivity contribution is 0.415. The summed E-state index contributed by atoms with van der Waals surface area (Å²) >= 11 is 6.15. The van der Waals surface area contributed by atoms with Gasteiger partial charge in [-0.1, -0.05) is 17.7 Å². The van der Waals surface area contributed by atoms with Crippen LogP contribution in [-0.4, -0.2) is 20.1 Å². The van der Waals surface area contributed by atoms with Gasteiger partial charge in [-0.15, -0.1) is 0 Å². The van der Waals surface area contributed by atoms with Gasteiger partial charge in [-0.05, 0) is 25.1 Å². The summed E-state index contributed by atoms with van der Waals surface area (Å²) in [4.78, 5) is 11.6. The maximum Gasteiger partial charge on any atom is 0.419 e. The Morgan fingerprint density at radius 3 is 2.72 bits per heavy atom. The molecule has 0 aliphatic heterocycles. The molecule has 25 heavy (non-hydrogen) atoms. The largest absolute Gasteiger partial charge is 0.497 e. The molecule has 1 N–H and O–H groups in total. The molecule has 0 aliphatic carbocycles. The summed E-state index contributed by atoms with van der Waals surface area (Å²) in [5, 5.41) is -0.00843. The average molecular weight is 383 g/mol. The second kappa shape index (κ2) is 6.45. The summed E-state index contributed by atoms with van der Waals surface area (Å²) in [5.41, 5.74) is 0.920. The van der Waals surface area contributed by atoms with Crippen molar-refractivity contribution in [3.05, 3.63) is 52.0 Å². The predicted molar refractivity (Wildman–Crippen MR) is 95.0 cm³/mol. The van der Waals surface area contributed by atoms with Crippen LogP contribution in [0.15, 0.2) is 50.5 Å². The van der Waals surface area contributed by atoms with Crippen molar-refractivity contribution in [1.82, 2.24) is 4.57 Å². The third-order valence-corrected chi connectivity index (χ3v) is 5.50. The first-order valence-electron chi connectivity index (χ1n) is 7.35. The fraction of sp³-hybridized carbons (Fsp3) is 0.188. The first kappa shape index (κ1) is 17.4. The van der Waals surface area contributed by atoms with Crippen molar-refractivity contribution in [2.24, 2.45) is 0 Å². The van der Waals surface area contributed by atoms with Crippen molar-refractivity contribution in [3.63, 3.8) is 0 Å². The molecule has 0 aliphatic rings. The molecule has 0 spiro atoms. The molecule has 0 radical (unpaired) electrons. The summed E-state index contributed by atoms with van der Waals surface area (Å²) < 4.78 is 39.3. The van der Waals surface area contributed by atoms with E-state index in [-0.39, 0.29) is 15.5 Å². The highest BCUT2D eigenvalue weighted by molar-refractivity contribution is 7.92. The number of sulfonamides is 1. The zero-order chi connectivity index (χ0) is 18.2. The minimum Gasteiger partial charge on any atom is -0.497 e. The van der Waals surface area contributed by atoms with Gasteiger partial charge in [0.25, 0.3) is 10.0 Å². The molecule has 132 valence electrons. The van der Waals surface area contributed by atoms with E-state index in [2.05, 4.69) is 4.72 Å². The second-order valence-corrected chi connectivity index (χ2v) is 7.26. The van der Waals surface area contributed by atoms with Crippen molar-refractivity contribution in [2.75, 3.05) is 11.8 Å². The molecule has 0 atom stereocenters. The molecule has 3 rings (SSSR count). The van der Waals surface area contributed by atoms with Crippen molar-refractivity contribution >= 4 is 38.4 Å². The van der Waals surface area contributed by atoms with Gasteiger partial charge in [-0.2, -0.15) is 0 Å². The van der Waals surface area contributed by atoms with Crippen LogP contribution in [0.1, 0.15) is 6.92 Å². The van der Waals surface area contributed by atoms with Crippen molar-refractivity contribution in [3.8, 4) is 5.75 Å². The molecular weight excluding hydrogens is 368 g/mol. The summed E-state index contributed by atoms with van der Waals surface area (Å²) in [7, 11) is -2.49. The van der Waals surface area contributed by atoms with Gasteiger partial charge in [-0.25, -0.2) is 13.2 Å². The quantitative estimate of drug-likeness (QED) is 0.732. The van der Waals surface area contributed by atoms with Crippen LogP contribution in [0.2, 0.25) is 5.02 Å². The lowest BCUT2D eigenvalue weighted by Crippen LogP contribution is -2.14. The number of nitrogens with zero attached hydrogens (tertiary/aromatic N) is 1. The van der Waals surface area contributed by atoms with Gasteiger partial charge in [0.15, 0.2) is 5.58 Å². The molecule has 0 saturated heterocycles. The number of hydrogen-bond donors (Lipinski definition) is 1. The van der Waals surface area contributed by atoms with Gasteiger partial charge in [0, 0.05) is 18.7 Å². The number of aromatic nitrogens is 1. The number of aryl methyl sites for hydroxylation is 1. The van der Waals surface area contributed by atoms with Crippen LogP contribution in [0.4, 0.5) is 5.69 Å². The molecular formula is C16H15ClN2O5S. The second-order valence-electron chi connectivity index (χ2n) is 5.20. The average Bonchev–Trinajstić information content (AvgIpc) is 2.88. The van der Waals surface area contributed by atoms with Crippen LogP contribution in [0, 0.1) is 0 Å². The first-order chi connectivity index (χ1) is 11.9. The standard InChI is InChI=1S/C16H15ClN2O5S/c1-3-19-13-8-12(17)15(9-14(13)24-16(19)20)25(21,22)18-10-5-4-6-11(7-10)23-2/h4-9,18H,3H2,1-2H3. The van der Waals surface area contributed by atoms with Crippen LogP contribution in [-0.2, 0) is 16.6 Å². The Bertz CT molecular complexity index is 1100. The normalized spacial score (nSPS) is 11.6. The van der Waals surface area contributed by atoms with E-state index in [1.807, 2.05) is 0 Å². The Morgan fingerprint density at radius 2 is 2.04 bits per heavy atom. The van der Waals surface area contributed by atoms with Crippen molar-refractivity contribution in [2.45, 2.75) is 18.4 Å². The van der Waals surface area contributed by atoms with E-state index in [0.717, 1.165) is 0 Å². The van der Waals surface area contributed by atoms with E-state index in [1.54, 1.807) is 25.1 Å². The van der Waals surface area contributed by atoms with Crippen molar-refractivity contribution < 1.29 is 17.6 Å². The molecule has 0 amide bonds. The predicted octanol–water partition coefficient (Wildman–Crippen LogP) is 3.08. The topological polar surface area (TPSA) is 90.5 Å². The Labute approximate surface area is 148 Å². The molecule has 0 unspecified atom stereocenters. The minimum atomic E-state index is -3.98. The summed E-state index contributed by atoms with van der Waals surface area (Å²) in [6.45, 7) is 2.16. The van der Waals surface area contributed by atoms with Gasteiger partial charge in [0.05, 0.1) is 23.3 Å². The van der Waals surface area contributed by atoms with Crippen LogP contribution in [0.5, 0.6) is 5.75 Å². The first-order valence-corrected chi connectivity index (χ1v) is 9.21. The van der Waals surface area contributed by atoms with Crippen LogP contribution < -0.4 is 15.2 Å². The molecule has 9 heteroatoms. The number of oxazole rings is 1. The van der Waals surface area contributed by atoms with Gasteiger partial charge >= 0.3 is 5.76 Å². The third-order valence-electron chi connectivity index (χ3n) is 3.65. The maximum atomic E-state index is 12.7. The Morgan fingerprint density at radius 1 is 1.28 bits per heavy atom. The number of ether oxygens (including phenoxy) is 1. The summed E-state index contributed by atoms with van der Waals surface area (Å²) in [5.74, 6) is -0.0587. The zero-order valence-corrected chi connectivity index (χ0v) is 15.0. The van der Waals surface area contributed by atoms with E-state index in [0.29, 0.717) is 23.5 Å². The number of fused-ring (bicyclic) bond motifs is 1. The molecule has 7 nitrogen and oxygen atoms in total. The highest BCUT2D eigenvalue weighted by Crippen LogP contribution is 2.29. The van der Waals surface area contributed by atoms with E-state index in [1.165, 1.54) is 29.9 Å². The van der Waals surface area contributed by atoms with E-state index >= 15 is 0 Å². The molecule has 2 aromatic carbocycles. The number of halogens is 1. The van der Waals surface area contributed by atoms with Gasteiger partial charge in [0.2, 0.25) is 0 Å². The number of methoxy groups -OCH3 is 1. The Balaban J connectivity index is 2.07. The fourth-order valence-electron chi connectivity index (χ4n) is 2.47. The number of anilines is 1. The lowest BCUT2D eigenvalue weighted by atomic mass is 10.3. The summed E-state index contributed by atoms with van der Waals surface area (Å²) in [6.07, 6.45) is 0. The monoisotopic (exact) mass is 382 g/mol. The SMILES string of the molecule is CCn1c(=O)oc2cc(S(=O)(=O)Nc3cccc(OC)c3)c(Cl)cc21. The lowest BCUT2D eigenvalue weighted by Gasteiger charge is -2.10. The van der Waals surface area contributed by atoms with E-state index in [4.69, 9.17) is 20.8 Å². The van der Waals surface area contributed by atoms with Gasteiger partial charge < -0.3 is 9.15 Å². The number of nitrogens with one attached hydrogen (secondary N) is 1. The molecule has 0 bridgehead atoms. The Kier molecular flexibility index (Phi) is 4.49. The smallest absolute Gasteiger partial charge is 0.419 e. The van der Waals surface area contributed by atoms with Gasteiger partial charge in [0.1, 0.15) is 10.6 Å². The highest BCUT2D eigenvalue weighted by Gasteiger charge is 2.22. The molecule has 0 fully saturated rings. The van der Waals surface area contributed by atoms with Crippen LogP contribution in [0.3, 0.4) is 0 Å².